The van der Waals surface area contributed by atoms with E-state index in [9.17, 15) is 19.5 Å². The Hall–Kier alpha value is -3.35. The van der Waals surface area contributed by atoms with Gasteiger partial charge in [-0.1, -0.05) is 61.9 Å². The number of amides is 2. The fourth-order valence-electron chi connectivity index (χ4n) is 5.97. The summed E-state index contributed by atoms with van der Waals surface area (Å²) in [4.78, 5) is 39.0. The monoisotopic (exact) mass is 476 g/mol. The van der Waals surface area contributed by atoms with E-state index in [-0.39, 0.29) is 29.8 Å². The molecule has 184 valence electrons. The van der Waals surface area contributed by atoms with E-state index in [0.29, 0.717) is 38.8 Å². The molecule has 2 aromatic rings. The topological polar surface area (TPSA) is 95.9 Å². The number of rotatable bonds is 7. The molecule has 1 spiro atoms. The number of nitrogens with one attached hydrogen (secondary N) is 1. The molecule has 5 rings (SSSR count). The van der Waals surface area contributed by atoms with Gasteiger partial charge < -0.3 is 20.1 Å². The van der Waals surface area contributed by atoms with Crippen molar-refractivity contribution in [2.45, 2.75) is 51.0 Å². The number of piperidine rings is 1. The fourth-order valence-corrected chi connectivity index (χ4v) is 5.97. The van der Waals surface area contributed by atoms with Crippen LogP contribution in [0.1, 0.15) is 56.1 Å². The zero-order valence-corrected chi connectivity index (χ0v) is 20.0. The molecular formula is C28H32N2O5. The van der Waals surface area contributed by atoms with E-state index in [4.69, 9.17) is 4.74 Å². The Morgan fingerprint density at radius 3 is 2.20 bits per heavy atom. The van der Waals surface area contributed by atoms with Crippen LogP contribution >= 0.6 is 0 Å². The highest BCUT2D eigenvalue weighted by Crippen LogP contribution is 2.59. The number of carboxylic acids is 1. The predicted octanol–water partition coefficient (Wildman–Crippen LogP) is 4.41. The van der Waals surface area contributed by atoms with Crippen LogP contribution in [0.15, 0.2) is 48.5 Å². The minimum atomic E-state index is -0.731. The van der Waals surface area contributed by atoms with Crippen molar-refractivity contribution in [3.05, 3.63) is 59.7 Å². The molecule has 0 radical (unpaired) electrons. The number of carbonyl (C=O) groups is 3. The molecule has 1 saturated carbocycles. The van der Waals surface area contributed by atoms with Crippen molar-refractivity contribution in [1.82, 2.24) is 10.2 Å². The lowest BCUT2D eigenvalue weighted by Gasteiger charge is -2.35. The number of likely N-dealkylation sites (tertiary alicyclic amines) is 1. The number of ether oxygens (including phenoxy) is 1. The van der Waals surface area contributed by atoms with Gasteiger partial charge in [-0.25, -0.2) is 4.79 Å². The second-order valence-corrected chi connectivity index (χ2v) is 10.1. The van der Waals surface area contributed by atoms with E-state index in [2.05, 4.69) is 29.6 Å². The van der Waals surface area contributed by atoms with E-state index in [1.807, 2.05) is 31.2 Å². The Balaban J connectivity index is 1.19. The Kier molecular flexibility index (Phi) is 6.26. The maximum atomic E-state index is 13.2. The minimum absolute atomic E-state index is 0.0347. The summed E-state index contributed by atoms with van der Waals surface area (Å²) in [7, 11) is 0. The molecule has 0 bridgehead atoms. The summed E-state index contributed by atoms with van der Waals surface area (Å²) in [5.41, 5.74) is 4.48. The fraction of sp³-hybridized carbons (Fsp3) is 0.464. The summed E-state index contributed by atoms with van der Waals surface area (Å²) in [6.07, 6.45) is 2.82. The molecule has 7 nitrogen and oxygen atoms in total. The number of carboxylic acid groups (broad SMARTS) is 1. The van der Waals surface area contributed by atoms with Crippen LogP contribution in [-0.4, -0.2) is 53.7 Å². The second-order valence-electron chi connectivity index (χ2n) is 10.1. The molecule has 2 fully saturated rings. The summed E-state index contributed by atoms with van der Waals surface area (Å²) >= 11 is 0. The number of alkyl carbamates (subject to hydrolysis) is 1. The Labute approximate surface area is 205 Å². The molecule has 0 aromatic heterocycles. The van der Waals surface area contributed by atoms with Gasteiger partial charge in [-0.2, -0.15) is 0 Å². The van der Waals surface area contributed by atoms with Gasteiger partial charge in [-0.05, 0) is 53.4 Å². The summed E-state index contributed by atoms with van der Waals surface area (Å²) < 4.78 is 5.65. The van der Waals surface area contributed by atoms with Crippen LogP contribution in [0.25, 0.3) is 11.1 Å². The molecular weight excluding hydrogens is 444 g/mol. The van der Waals surface area contributed by atoms with E-state index in [0.717, 1.165) is 17.5 Å². The highest BCUT2D eigenvalue weighted by Gasteiger charge is 2.59. The van der Waals surface area contributed by atoms with Gasteiger partial charge in [0, 0.05) is 19.0 Å². The largest absolute Gasteiger partial charge is 0.481 e. The van der Waals surface area contributed by atoms with Crippen LogP contribution in [0.2, 0.25) is 0 Å². The molecule has 1 heterocycles. The summed E-state index contributed by atoms with van der Waals surface area (Å²) in [6.45, 7) is 3.26. The standard InChI is InChI=1S/C28H32N2O5/c1-2-7-24(25(31)30-14-12-28(13-15-30)16-23(28)26(32)33)29-27(34)35-17-22-20-10-5-3-8-18(20)19-9-4-6-11-21(19)22/h3-6,8-11,22-24H,2,7,12-17H2,1H3,(H,29,34)(H,32,33)/t23?,24-/m0/s1. The maximum Gasteiger partial charge on any atom is 0.407 e. The normalized spacial score (nSPS) is 20.6. The average Bonchev–Trinajstić information content (AvgIpc) is 3.48. The van der Waals surface area contributed by atoms with Crippen molar-refractivity contribution in [2.75, 3.05) is 19.7 Å². The Morgan fingerprint density at radius 1 is 1.06 bits per heavy atom. The first-order valence-electron chi connectivity index (χ1n) is 12.6. The number of hydrogen-bond acceptors (Lipinski definition) is 4. The highest BCUT2D eigenvalue weighted by molar-refractivity contribution is 5.86. The Morgan fingerprint density at radius 2 is 1.66 bits per heavy atom. The SMILES string of the molecule is CCC[C@H](NC(=O)OCC1c2ccccc2-c2ccccc21)C(=O)N1CCC2(CC1)CC2C(=O)O. The number of aliphatic carboxylic acids is 1. The first kappa shape index (κ1) is 23.4. The molecule has 2 N–H and O–H groups in total. The number of fused-ring (bicyclic) bond motifs is 3. The number of carbonyl (C=O) groups excluding carboxylic acids is 2. The van der Waals surface area contributed by atoms with Crippen molar-refractivity contribution < 1.29 is 24.2 Å². The quantitative estimate of drug-likeness (QED) is 0.617. The van der Waals surface area contributed by atoms with Gasteiger partial charge in [0.2, 0.25) is 5.91 Å². The van der Waals surface area contributed by atoms with Crippen LogP contribution in [0, 0.1) is 11.3 Å². The lowest BCUT2D eigenvalue weighted by atomic mass is 9.90. The van der Waals surface area contributed by atoms with E-state index in [1.165, 1.54) is 11.1 Å². The van der Waals surface area contributed by atoms with Crippen molar-refractivity contribution in [1.29, 1.82) is 0 Å². The third kappa shape index (κ3) is 4.40. The van der Waals surface area contributed by atoms with Gasteiger partial charge in [-0.3, -0.25) is 9.59 Å². The first-order chi connectivity index (χ1) is 16.9. The lowest BCUT2D eigenvalue weighted by molar-refractivity contribution is -0.140. The van der Waals surface area contributed by atoms with Crippen molar-refractivity contribution in [2.24, 2.45) is 11.3 Å². The number of benzene rings is 2. The highest BCUT2D eigenvalue weighted by atomic mass is 16.5. The Bertz CT molecular complexity index is 1090. The number of hydrogen-bond donors (Lipinski definition) is 2. The van der Waals surface area contributed by atoms with E-state index < -0.39 is 18.1 Å². The smallest absolute Gasteiger partial charge is 0.407 e. The average molecular weight is 477 g/mol. The van der Waals surface area contributed by atoms with Crippen LogP contribution in [0.5, 0.6) is 0 Å². The molecule has 35 heavy (non-hydrogen) atoms. The first-order valence-corrected chi connectivity index (χ1v) is 12.6. The lowest BCUT2D eigenvalue weighted by Crippen LogP contribution is -2.51. The van der Waals surface area contributed by atoms with Crippen LogP contribution in [0.4, 0.5) is 4.79 Å². The van der Waals surface area contributed by atoms with Gasteiger partial charge in [0.25, 0.3) is 0 Å². The molecule has 2 atom stereocenters. The van der Waals surface area contributed by atoms with Gasteiger partial charge >= 0.3 is 12.1 Å². The number of nitrogens with zero attached hydrogens (tertiary/aromatic N) is 1. The summed E-state index contributed by atoms with van der Waals surface area (Å²) in [5.74, 6) is -1.15. The summed E-state index contributed by atoms with van der Waals surface area (Å²) in [5, 5.41) is 12.1. The second kappa shape index (κ2) is 9.36. The summed E-state index contributed by atoms with van der Waals surface area (Å²) in [6, 6.07) is 15.7. The van der Waals surface area contributed by atoms with E-state index in [1.54, 1.807) is 4.90 Å². The molecule has 1 aliphatic heterocycles. The minimum Gasteiger partial charge on any atom is -0.481 e. The van der Waals surface area contributed by atoms with Crippen LogP contribution in [-0.2, 0) is 14.3 Å². The molecule has 3 aliphatic rings. The van der Waals surface area contributed by atoms with Crippen molar-refractivity contribution in [3.63, 3.8) is 0 Å². The van der Waals surface area contributed by atoms with Crippen molar-refractivity contribution >= 4 is 18.0 Å². The van der Waals surface area contributed by atoms with Gasteiger partial charge in [-0.15, -0.1) is 0 Å². The molecule has 1 saturated heterocycles. The van der Waals surface area contributed by atoms with Gasteiger partial charge in [0.05, 0.1) is 5.92 Å². The molecule has 1 unspecified atom stereocenters. The van der Waals surface area contributed by atoms with E-state index >= 15 is 0 Å². The predicted molar refractivity (Wildman–Crippen MR) is 131 cm³/mol. The van der Waals surface area contributed by atoms with Crippen molar-refractivity contribution in [3.8, 4) is 11.1 Å². The van der Waals surface area contributed by atoms with Gasteiger partial charge in [0.1, 0.15) is 12.6 Å². The maximum absolute atomic E-state index is 13.2. The molecule has 2 aromatic carbocycles. The molecule has 2 aliphatic carbocycles. The third-order valence-electron chi connectivity index (χ3n) is 8.07. The zero-order valence-electron chi connectivity index (χ0n) is 20.0. The van der Waals surface area contributed by atoms with Crippen LogP contribution in [0.3, 0.4) is 0 Å². The molecule has 7 heteroatoms. The molecule has 2 amide bonds. The van der Waals surface area contributed by atoms with Crippen LogP contribution < -0.4 is 5.32 Å². The van der Waals surface area contributed by atoms with Gasteiger partial charge in [0.15, 0.2) is 0 Å². The zero-order chi connectivity index (χ0) is 24.6. The third-order valence-corrected chi connectivity index (χ3v) is 8.07.